The van der Waals surface area contributed by atoms with Crippen molar-refractivity contribution in [1.82, 2.24) is 9.80 Å². The molecule has 0 radical (unpaired) electrons. The van der Waals surface area contributed by atoms with Crippen LogP contribution in [0.15, 0.2) is 24.3 Å². The molecule has 1 aliphatic rings. The zero-order valence-electron chi connectivity index (χ0n) is 9.77. The Morgan fingerprint density at radius 2 is 1.64 bits per heavy atom. The first-order valence-electron chi connectivity index (χ1n) is 5.31. The van der Waals surface area contributed by atoms with Gasteiger partial charge in [0.2, 0.25) is 0 Å². The fourth-order valence-electron chi connectivity index (χ4n) is 1.63. The van der Waals surface area contributed by atoms with Crippen LogP contribution in [0.4, 0.5) is 0 Å². The summed E-state index contributed by atoms with van der Waals surface area (Å²) in [6, 6.07) is 0.602. The summed E-state index contributed by atoms with van der Waals surface area (Å²) in [6.45, 7) is 4.55. The highest BCUT2D eigenvalue weighted by Crippen LogP contribution is 2.17. The average molecular weight is 194 g/mol. The summed E-state index contributed by atoms with van der Waals surface area (Å²) in [6.07, 6.45) is 8.83. The molecule has 0 aromatic rings. The van der Waals surface area contributed by atoms with Gasteiger partial charge in [-0.1, -0.05) is 24.3 Å². The molecule has 0 N–H and O–H groups in total. The predicted octanol–water partition coefficient (Wildman–Crippen LogP) is 1.61. The van der Waals surface area contributed by atoms with Gasteiger partial charge in [0.05, 0.1) is 0 Å². The summed E-state index contributed by atoms with van der Waals surface area (Å²) in [5.74, 6) is 0.599. The second-order valence-corrected chi connectivity index (χ2v) is 4.37. The largest absolute Gasteiger partial charge is 0.308 e. The van der Waals surface area contributed by atoms with Gasteiger partial charge in [-0.3, -0.25) is 0 Å². The normalized spacial score (nSPS) is 18.7. The maximum absolute atomic E-state index is 2.42. The summed E-state index contributed by atoms with van der Waals surface area (Å²) in [4.78, 5) is 4.65. The Balaban J connectivity index is 2.32. The van der Waals surface area contributed by atoms with E-state index in [1.807, 2.05) is 0 Å². The molecule has 0 spiro atoms. The van der Waals surface area contributed by atoms with Crippen LogP contribution in [0.5, 0.6) is 0 Å². The second kappa shape index (κ2) is 5.32. The highest BCUT2D eigenvalue weighted by atomic mass is 15.2. The van der Waals surface area contributed by atoms with Crippen molar-refractivity contribution in [1.29, 1.82) is 0 Å². The fraction of sp³-hybridized carbons (Fsp3) is 0.667. The van der Waals surface area contributed by atoms with E-state index in [9.17, 15) is 0 Å². The molecule has 0 bridgehead atoms. The van der Waals surface area contributed by atoms with Gasteiger partial charge >= 0.3 is 0 Å². The van der Waals surface area contributed by atoms with Crippen LogP contribution in [0.3, 0.4) is 0 Å². The van der Waals surface area contributed by atoms with Gasteiger partial charge in [0.1, 0.15) is 0 Å². The molecule has 0 aromatic heterocycles. The minimum atomic E-state index is 0.599. The molecule has 0 heterocycles. The molecule has 0 amide bonds. The number of likely N-dealkylation sites (N-methyl/N-ethyl adjacent to an activating group) is 2. The van der Waals surface area contributed by atoms with E-state index in [1.54, 1.807) is 0 Å². The molecular formula is C12H22N2. The van der Waals surface area contributed by atoms with Crippen LogP contribution < -0.4 is 0 Å². The second-order valence-electron chi connectivity index (χ2n) is 4.37. The van der Waals surface area contributed by atoms with Gasteiger partial charge in [-0.2, -0.15) is 0 Å². The van der Waals surface area contributed by atoms with Gasteiger partial charge in [-0.25, -0.2) is 0 Å². The third kappa shape index (κ3) is 3.28. The monoisotopic (exact) mass is 194 g/mol. The van der Waals surface area contributed by atoms with Gasteiger partial charge in [-0.05, 0) is 28.1 Å². The first-order chi connectivity index (χ1) is 6.61. The molecule has 0 saturated carbocycles. The molecule has 14 heavy (non-hydrogen) atoms. The van der Waals surface area contributed by atoms with Crippen molar-refractivity contribution < 1.29 is 0 Å². The van der Waals surface area contributed by atoms with Gasteiger partial charge in [-0.15, -0.1) is 0 Å². The molecule has 1 atom stereocenters. The zero-order valence-corrected chi connectivity index (χ0v) is 9.77. The number of hydrogen-bond donors (Lipinski definition) is 0. The Kier molecular flexibility index (Phi) is 4.36. The quantitative estimate of drug-likeness (QED) is 0.656. The van der Waals surface area contributed by atoms with Gasteiger partial charge in [0.25, 0.3) is 0 Å². The summed E-state index contributed by atoms with van der Waals surface area (Å²) in [5, 5.41) is 0. The Bertz CT molecular complexity index is 206. The standard InChI is InChI=1S/C12H22N2/c1-11(12-7-5-6-8-12)14(4)10-9-13(2)3/h5-8,11-12H,9-10H2,1-4H3. The summed E-state index contributed by atoms with van der Waals surface area (Å²) in [7, 11) is 6.44. The van der Waals surface area contributed by atoms with Crippen LogP contribution in [0.25, 0.3) is 0 Å². The van der Waals surface area contributed by atoms with E-state index in [0.717, 1.165) is 13.1 Å². The molecule has 0 aromatic carbocycles. The lowest BCUT2D eigenvalue weighted by atomic mass is 10.0. The van der Waals surface area contributed by atoms with Crippen molar-refractivity contribution in [3.63, 3.8) is 0 Å². The van der Waals surface area contributed by atoms with Crippen LogP contribution in [0.1, 0.15) is 6.92 Å². The van der Waals surface area contributed by atoms with E-state index >= 15 is 0 Å². The molecule has 80 valence electrons. The highest BCUT2D eigenvalue weighted by Gasteiger charge is 2.17. The Hall–Kier alpha value is -0.600. The van der Waals surface area contributed by atoms with Crippen molar-refractivity contribution in [2.45, 2.75) is 13.0 Å². The van der Waals surface area contributed by atoms with Crippen LogP contribution >= 0.6 is 0 Å². The Labute approximate surface area is 87.9 Å². The Morgan fingerprint density at radius 1 is 1.07 bits per heavy atom. The highest BCUT2D eigenvalue weighted by molar-refractivity contribution is 5.19. The van der Waals surface area contributed by atoms with Crippen molar-refractivity contribution in [3.05, 3.63) is 24.3 Å². The number of rotatable bonds is 5. The van der Waals surface area contributed by atoms with Crippen molar-refractivity contribution in [2.75, 3.05) is 34.2 Å². The smallest absolute Gasteiger partial charge is 0.0162 e. The topological polar surface area (TPSA) is 6.48 Å². The van der Waals surface area contributed by atoms with Gasteiger partial charge in [0.15, 0.2) is 0 Å². The van der Waals surface area contributed by atoms with Gasteiger partial charge < -0.3 is 9.80 Å². The molecule has 2 nitrogen and oxygen atoms in total. The van der Waals surface area contributed by atoms with Crippen molar-refractivity contribution >= 4 is 0 Å². The van der Waals surface area contributed by atoms with E-state index in [2.05, 4.69) is 62.2 Å². The van der Waals surface area contributed by atoms with Crippen LogP contribution in [-0.4, -0.2) is 50.1 Å². The molecule has 1 unspecified atom stereocenters. The average Bonchev–Trinajstić information content (AvgIpc) is 2.65. The lowest BCUT2D eigenvalue weighted by Crippen LogP contribution is -2.38. The number of nitrogens with zero attached hydrogens (tertiary/aromatic N) is 2. The summed E-state index contributed by atoms with van der Waals surface area (Å²) in [5.41, 5.74) is 0. The van der Waals surface area contributed by atoms with Crippen LogP contribution in [0, 0.1) is 5.92 Å². The molecular weight excluding hydrogens is 172 g/mol. The van der Waals surface area contributed by atoms with Gasteiger partial charge in [0, 0.05) is 25.0 Å². The molecule has 0 saturated heterocycles. The molecule has 2 heteroatoms. The summed E-state index contributed by atoms with van der Waals surface area (Å²) >= 11 is 0. The number of allylic oxidation sites excluding steroid dienone is 2. The fourth-order valence-corrected chi connectivity index (χ4v) is 1.63. The third-order valence-corrected chi connectivity index (χ3v) is 2.93. The molecule has 0 aliphatic heterocycles. The van der Waals surface area contributed by atoms with E-state index in [0.29, 0.717) is 12.0 Å². The lowest BCUT2D eigenvalue weighted by Gasteiger charge is -2.28. The first-order valence-corrected chi connectivity index (χ1v) is 5.31. The number of hydrogen-bond acceptors (Lipinski definition) is 2. The SMILES string of the molecule is CC(C1C=CC=C1)N(C)CCN(C)C. The maximum Gasteiger partial charge on any atom is 0.0162 e. The maximum atomic E-state index is 2.42. The molecule has 1 rings (SSSR count). The van der Waals surface area contributed by atoms with Crippen LogP contribution in [-0.2, 0) is 0 Å². The lowest BCUT2D eigenvalue weighted by molar-refractivity contribution is 0.210. The van der Waals surface area contributed by atoms with E-state index < -0.39 is 0 Å². The van der Waals surface area contributed by atoms with E-state index in [-0.39, 0.29) is 0 Å². The minimum absolute atomic E-state index is 0.599. The Morgan fingerprint density at radius 3 is 2.14 bits per heavy atom. The molecule has 1 aliphatic carbocycles. The first kappa shape index (κ1) is 11.5. The summed E-state index contributed by atoms with van der Waals surface area (Å²) < 4.78 is 0. The van der Waals surface area contributed by atoms with Crippen LogP contribution in [0.2, 0.25) is 0 Å². The predicted molar refractivity (Wildman–Crippen MR) is 62.4 cm³/mol. The van der Waals surface area contributed by atoms with E-state index in [1.165, 1.54) is 0 Å². The molecule has 0 fully saturated rings. The minimum Gasteiger partial charge on any atom is -0.308 e. The van der Waals surface area contributed by atoms with Crippen molar-refractivity contribution in [3.8, 4) is 0 Å². The van der Waals surface area contributed by atoms with Crippen molar-refractivity contribution in [2.24, 2.45) is 5.92 Å². The van der Waals surface area contributed by atoms with E-state index in [4.69, 9.17) is 0 Å². The zero-order chi connectivity index (χ0) is 10.6. The third-order valence-electron chi connectivity index (χ3n) is 2.93.